The fraction of sp³-hybridized carbons (Fsp3) is 0.0172. The second kappa shape index (κ2) is 15.6. The predicted molar refractivity (Wildman–Crippen MR) is 258 cm³/mol. The van der Waals surface area contributed by atoms with E-state index in [0.717, 1.165) is 39.6 Å². The van der Waals surface area contributed by atoms with Gasteiger partial charge >= 0.3 is 0 Å². The number of aliphatic imine (C=N–C) groups is 1. The Morgan fingerprint density at radius 3 is 1.74 bits per heavy atom. The van der Waals surface area contributed by atoms with Gasteiger partial charge in [0, 0.05) is 22.5 Å². The van der Waals surface area contributed by atoms with Crippen LogP contribution < -0.4 is 10.6 Å². The molecule has 0 aliphatic carbocycles. The minimum atomic E-state index is -0.0305. The van der Waals surface area contributed by atoms with Crippen LogP contribution in [-0.4, -0.2) is 5.84 Å². The standard InChI is InChI=1S/C58H41N3/c1-4-16-39(17-5-1)40-28-32-43(33-29-40)56-38-55(42-18-6-2-7-19-42)60-58(61-56)44-34-30-41(31-35-44)51-37-53-47-23-11-10-20-45(47)36-52(57(53)50-26-13-12-24-48(50)51)49-25-14-15-27-54(49)59-46-21-8-3-9-22-46/h1-38,55,59H,(H,60,61). The lowest BCUT2D eigenvalue weighted by Crippen LogP contribution is -2.31. The van der Waals surface area contributed by atoms with Crippen molar-refractivity contribution in [1.82, 2.24) is 5.32 Å². The molecule has 0 spiro atoms. The van der Waals surface area contributed by atoms with Gasteiger partial charge in [-0.25, -0.2) is 4.99 Å². The molecule has 0 saturated carbocycles. The summed E-state index contributed by atoms with van der Waals surface area (Å²) in [6.45, 7) is 0. The van der Waals surface area contributed by atoms with Crippen molar-refractivity contribution in [3.05, 3.63) is 247 Å². The van der Waals surface area contributed by atoms with Crippen LogP contribution >= 0.6 is 0 Å². The average Bonchev–Trinajstić information content (AvgIpc) is 3.34. The average molecular weight is 780 g/mol. The van der Waals surface area contributed by atoms with Gasteiger partial charge in [-0.05, 0) is 108 Å². The zero-order valence-electron chi connectivity index (χ0n) is 33.5. The first-order chi connectivity index (χ1) is 30.2. The molecule has 1 aliphatic heterocycles. The third-order valence-electron chi connectivity index (χ3n) is 11.9. The van der Waals surface area contributed by atoms with Crippen molar-refractivity contribution in [2.45, 2.75) is 6.04 Å². The van der Waals surface area contributed by atoms with Crippen LogP contribution in [0.25, 0.3) is 71.4 Å². The normalized spacial score (nSPS) is 13.7. The van der Waals surface area contributed by atoms with Crippen molar-refractivity contribution in [3.63, 3.8) is 0 Å². The van der Waals surface area contributed by atoms with Crippen LogP contribution in [0.2, 0.25) is 0 Å². The molecule has 1 aliphatic rings. The highest BCUT2D eigenvalue weighted by Crippen LogP contribution is 2.45. The van der Waals surface area contributed by atoms with E-state index in [4.69, 9.17) is 4.99 Å². The Kier molecular flexibility index (Phi) is 9.25. The summed E-state index contributed by atoms with van der Waals surface area (Å²) in [6, 6.07) is 80.3. The number of nitrogens with zero attached hydrogens (tertiary/aromatic N) is 1. The molecule has 3 nitrogen and oxygen atoms in total. The Bertz CT molecular complexity index is 3260. The number of anilines is 2. The maximum absolute atomic E-state index is 5.26. The van der Waals surface area contributed by atoms with Crippen molar-refractivity contribution >= 4 is 55.2 Å². The van der Waals surface area contributed by atoms with Gasteiger partial charge in [0.15, 0.2) is 0 Å². The second-order valence-electron chi connectivity index (χ2n) is 15.6. The van der Waals surface area contributed by atoms with Crippen LogP contribution in [0, 0.1) is 0 Å². The van der Waals surface area contributed by atoms with Gasteiger partial charge in [0.1, 0.15) is 5.84 Å². The van der Waals surface area contributed by atoms with E-state index in [0.29, 0.717) is 0 Å². The largest absolute Gasteiger partial charge is 0.359 e. The van der Waals surface area contributed by atoms with Crippen LogP contribution in [0.3, 0.4) is 0 Å². The van der Waals surface area contributed by atoms with Crippen molar-refractivity contribution in [2.75, 3.05) is 5.32 Å². The lowest BCUT2D eigenvalue weighted by Gasteiger charge is -2.24. The highest BCUT2D eigenvalue weighted by Gasteiger charge is 2.21. The zero-order valence-corrected chi connectivity index (χ0v) is 33.5. The molecule has 0 amide bonds. The molecule has 0 aromatic heterocycles. The number of amidine groups is 1. The molecular weight excluding hydrogens is 739 g/mol. The predicted octanol–water partition coefficient (Wildman–Crippen LogP) is 15.0. The fourth-order valence-electron chi connectivity index (χ4n) is 8.89. The molecule has 1 atom stereocenters. The Morgan fingerprint density at radius 2 is 0.967 bits per heavy atom. The lowest BCUT2D eigenvalue weighted by molar-refractivity contribution is 0.781. The molecule has 288 valence electrons. The van der Waals surface area contributed by atoms with E-state index in [1.54, 1.807) is 0 Å². The van der Waals surface area contributed by atoms with Crippen molar-refractivity contribution in [3.8, 4) is 33.4 Å². The van der Waals surface area contributed by atoms with Gasteiger partial charge in [0.2, 0.25) is 0 Å². The molecule has 1 heterocycles. The van der Waals surface area contributed by atoms with Gasteiger partial charge < -0.3 is 10.6 Å². The fourth-order valence-corrected chi connectivity index (χ4v) is 8.89. The first kappa shape index (κ1) is 36.1. The summed E-state index contributed by atoms with van der Waals surface area (Å²) >= 11 is 0. The van der Waals surface area contributed by atoms with Gasteiger partial charge in [0.25, 0.3) is 0 Å². The Labute approximate surface area is 356 Å². The van der Waals surface area contributed by atoms with E-state index in [1.807, 2.05) is 6.07 Å². The number of hydrogen-bond donors (Lipinski definition) is 2. The molecule has 1 unspecified atom stereocenters. The van der Waals surface area contributed by atoms with Crippen LogP contribution in [0.4, 0.5) is 11.4 Å². The van der Waals surface area contributed by atoms with E-state index in [1.165, 1.54) is 65.7 Å². The molecule has 0 radical (unpaired) electrons. The number of rotatable bonds is 8. The molecule has 11 rings (SSSR count). The van der Waals surface area contributed by atoms with Crippen LogP contribution in [-0.2, 0) is 0 Å². The molecule has 10 aromatic carbocycles. The van der Waals surface area contributed by atoms with Crippen molar-refractivity contribution in [2.24, 2.45) is 4.99 Å². The molecule has 0 bridgehead atoms. The third kappa shape index (κ3) is 6.92. The SMILES string of the molecule is C1=C(c2ccc(-c3ccccc3)cc2)N=C(c2ccc(-c3cc4c5ccccc5cc(-c5ccccc5Nc5ccccc5)c4c4ccccc34)cc2)NC1c1ccccc1. The summed E-state index contributed by atoms with van der Waals surface area (Å²) in [4.78, 5) is 5.26. The zero-order chi connectivity index (χ0) is 40.5. The molecule has 0 saturated heterocycles. The summed E-state index contributed by atoms with van der Waals surface area (Å²) in [5.74, 6) is 0.854. The highest BCUT2D eigenvalue weighted by molar-refractivity contribution is 6.26. The van der Waals surface area contributed by atoms with Gasteiger partial charge in [-0.15, -0.1) is 0 Å². The number of fused-ring (bicyclic) bond motifs is 5. The minimum Gasteiger partial charge on any atom is -0.359 e. The molecule has 61 heavy (non-hydrogen) atoms. The van der Waals surface area contributed by atoms with Gasteiger partial charge in [-0.2, -0.15) is 0 Å². The highest BCUT2D eigenvalue weighted by atomic mass is 15.0. The first-order valence-electron chi connectivity index (χ1n) is 20.9. The summed E-state index contributed by atoms with van der Waals surface area (Å²) in [5.41, 5.74) is 13.5. The summed E-state index contributed by atoms with van der Waals surface area (Å²) in [5, 5.41) is 14.9. The maximum Gasteiger partial charge on any atom is 0.134 e. The Balaban J connectivity index is 1.01. The van der Waals surface area contributed by atoms with Gasteiger partial charge in [-0.3, -0.25) is 0 Å². The van der Waals surface area contributed by atoms with Crippen LogP contribution in [0.1, 0.15) is 22.7 Å². The molecular formula is C58H41N3. The summed E-state index contributed by atoms with van der Waals surface area (Å²) < 4.78 is 0. The topological polar surface area (TPSA) is 36.4 Å². The first-order valence-corrected chi connectivity index (χ1v) is 20.9. The maximum atomic E-state index is 5.26. The Morgan fingerprint density at radius 1 is 0.393 bits per heavy atom. The van der Waals surface area contributed by atoms with E-state index in [9.17, 15) is 0 Å². The minimum absolute atomic E-state index is 0.0305. The third-order valence-corrected chi connectivity index (χ3v) is 11.9. The van der Waals surface area contributed by atoms with E-state index >= 15 is 0 Å². The summed E-state index contributed by atoms with van der Waals surface area (Å²) in [6.07, 6.45) is 2.24. The number of para-hydroxylation sites is 2. The molecule has 2 N–H and O–H groups in total. The number of benzene rings is 10. The summed E-state index contributed by atoms with van der Waals surface area (Å²) in [7, 11) is 0. The van der Waals surface area contributed by atoms with Crippen LogP contribution in [0.5, 0.6) is 0 Å². The number of hydrogen-bond acceptors (Lipinski definition) is 3. The lowest BCUT2D eigenvalue weighted by atomic mass is 9.86. The van der Waals surface area contributed by atoms with E-state index in [2.05, 4.69) is 235 Å². The van der Waals surface area contributed by atoms with Gasteiger partial charge in [-0.1, -0.05) is 194 Å². The van der Waals surface area contributed by atoms with Crippen LogP contribution in [0.15, 0.2) is 236 Å². The van der Waals surface area contributed by atoms with Crippen molar-refractivity contribution < 1.29 is 0 Å². The molecule has 3 heteroatoms. The van der Waals surface area contributed by atoms with Crippen molar-refractivity contribution in [1.29, 1.82) is 0 Å². The molecule has 10 aromatic rings. The monoisotopic (exact) mass is 779 g/mol. The Hall–Kier alpha value is -8.01. The van der Waals surface area contributed by atoms with E-state index in [-0.39, 0.29) is 6.04 Å². The quantitative estimate of drug-likeness (QED) is 0.151. The molecule has 0 fully saturated rings. The number of nitrogens with one attached hydrogen (secondary N) is 2. The second-order valence-corrected chi connectivity index (χ2v) is 15.6. The van der Waals surface area contributed by atoms with E-state index < -0.39 is 0 Å². The van der Waals surface area contributed by atoms with Gasteiger partial charge in [0.05, 0.1) is 11.7 Å². The smallest absolute Gasteiger partial charge is 0.134 e.